The molecule has 1 atom stereocenters. The Hall–Kier alpha value is -4.50. The Bertz CT molecular complexity index is 1700. The minimum Gasteiger partial charge on any atom is -0.354 e. The van der Waals surface area contributed by atoms with Crippen molar-refractivity contribution in [1.29, 1.82) is 0 Å². The van der Waals surface area contributed by atoms with Gasteiger partial charge in [0.25, 0.3) is 10.0 Å². The summed E-state index contributed by atoms with van der Waals surface area (Å²) in [5, 5.41) is 2.97. The molecule has 45 heavy (non-hydrogen) atoms. The molecule has 0 spiro atoms. The second kappa shape index (κ2) is 15.5. The average molecular weight is 630 g/mol. The van der Waals surface area contributed by atoms with Crippen molar-refractivity contribution in [3.63, 3.8) is 0 Å². The summed E-state index contributed by atoms with van der Waals surface area (Å²) in [5.74, 6) is -1.76. The molecule has 0 heterocycles. The minimum absolute atomic E-state index is 0.0555. The van der Waals surface area contributed by atoms with Gasteiger partial charge in [0, 0.05) is 19.5 Å². The molecule has 0 bridgehead atoms. The first kappa shape index (κ1) is 33.4. The van der Waals surface area contributed by atoms with E-state index in [1.165, 1.54) is 35.2 Å². The van der Waals surface area contributed by atoms with Crippen molar-refractivity contribution in [3.05, 3.63) is 131 Å². The topological polar surface area (TPSA) is 86.8 Å². The number of nitrogens with one attached hydrogen (secondary N) is 1. The Morgan fingerprint density at radius 3 is 2.16 bits per heavy atom. The second-order valence-corrected chi connectivity index (χ2v) is 12.9. The zero-order chi connectivity index (χ0) is 32.4. The summed E-state index contributed by atoms with van der Waals surface area (Å²) >= 11 is 0. The lowest BCUT2D eigenvalue weighted by atomic mass is 10.0. The highest BCUT2D eigenvalue weighted by Gasteiger charge is 2.35. The molecule has 0 aliphatic carbocycles. The number of para-hydroxylation sites is 1. The number of hydrogen-bond donors (Lipinski definition) is 1. The number of carbonyl (C=O) groups is 2. The number of sulfonamides is 1. The van der Waals surface area contributed by atoms with Crippen molar-refractivity contribution < 1.29 is 22.4 Å². The van der Waals surface area contributed by atoms with Gasteiger partial charge in [-0.1, -0.05) is 97.8 Å². The molecule has 0 radical (unpaired) electrons. The number of anilines is 1. The third kappa shape index (κ3) is 8.57. The van der Waals surface area contributed by atoms with Gasteiger partial charge in [-0.15, -0.1) is 0 Å². The van der Waals surface area contributed by atoms with Gasteiger partial charge in [0.15, 0.2) is 0 Å². The normalized spacial score (nSPS) is 11.9. The maximum absolute atomic E-state index is 15.3. The predicted molar refractivity (Wildman–Crippen MR) is 176 cm³/mol. The Morgan fingerprint density at radius 1 is 0.844 bits per heavy atom. The van der Waals surface area contributed by atoms with Crippen LogP contribution in [0.25, 0.3) is 0 Å². The number of benzene rings is 4. The highest BCUT2D eigenvalue weighted by atomic mass is 32.2. The van der Waals surface area contributed by atoms with Crippen LogP contribution in [0.3, 0.4) is 0 Å². The molecule has 4 rings (SSSR count). The molecule has 0 aromatic heterocycles. The van der Waals surface area contributed by atoms with Crippen LogP contribution < -0.4 is 9.62 Å². The molecule has 0 aliphatic heterocycles. The Kier molecular flexibility index (Phi) is 11.5. The molecule has 2 amide bonds. The van der Waals surface area contributed by atoms with Crippen LogP contribution >= 0.6 is 0 Å². The summed E-state index contributed by atoms with van der Waals surface area (Å²) in [6, 6.07) is 27.6. The van der Waals surface area contributed by atoms with Crippen LogP contribution in [-0.2, 0) is 32.6 Å². The maximum atomic E-state index is 15.3. The van der Waals surface area contributed by atoms with Crippen LogP contribution in [0.1, 0.15) is 42.0 Å². The van der Waals surface area contributed by atoms with Gasteiger partial charge in [0.2, 0.25) is 11.8 Å². The monoisotopic (exact) mass is 629 g/mol. The summed E-state index contributed by atoms with van der Waals surface area (Å²) in [5.41, 5.74) is 3.16. The average Bonchev–Trinajstić information content (AvgIpc) is 3.03. The van der Waals surface area contributed by atoms with Gasteiger partial charge in [-0.05, 0) is 61.2 Å². The molecule has 1 N–H and O–H groups in total. The van der Waals surface area contributed by atoms with Crippen molar-refractivity contribution >= 4 is 27.5 Å². The van der Waals surface area contributed by atoms with Crippen LogP contribution in [0, 0.1) is 19.7 Å². The quantitative estimate of drug-likeness (QED) is 0.169. The second-order valence-electron chi connectivity index (χ2n) is 11.1. The van der Waals surface area contributed by atoms with Crippen LogP contribution in [0.2, 0.25) is 0 Å². The number of unbranched alkanes of at least 4 members (excludes halogenated alkanes) is 1. The number of hydrogen-bond acceptors (Lipinski definition) is 4. The van der Waals surface area contributed by atoms with E-state index in [1.54, 1.807) is 12.1 Å². The molecule has 4 aromatic carbocycles. The first-order chi connectivity index (χ1) is 21.6. The fourth-order valence-corrected chi connectivity index (χ4v) is 6.46. The predicted octanol–water partition coefficient (Wildman–Crippen LogP) is 6.19. The smallest absolute Gasteiger partial charge is 0.264 e. The lowest BCUT2D eigenvalue weighted by Gasteiger charge is -2.34. The zero-order valence-electron chi connectivity index (χ0n) is 25.9. The molecule has 9 heteroatoms. The molecule has 0 fully saturated rings. The Labute approximate surface area is 265 Å². The molecule has 0 saturated heterocycles. The number of rotatable bonds is 14. The summed E-state index contributed by atoms with van der Waals surface area (Å²) < 4.78 is 44.1. The molecular formula is C36H40FN3O4S. The lowest BCUT2D eigenvalue weighted by Crippen LogP contribution is -2.53. The van der Waals surface area contributed by atoms with E-state index in [-0.39, 0.29) is 29.5 Å². The van der Waals surface area contributed by atoms with E-state index >= 15 is 4.39 Å². The van der Waals surface area contributed by atoms with E-state index in [0.29, 0.717) is 6.54 Å². The van der Waals surface area contributed by atoms with Crippen molar-refractivity contribution in [1.82, 2.24) is 10.2 Å². The number of amides is 2. The molecule has 0 saturated carbocycles. The van der Waals surface area contributed by atoms with Crippen LogP contribution in [0.4, 0.5) is 10.1 Å². The molecule has 7 nitrogen and oxygen atoms in total. The van der Waals surface area contributed by atoms with E-state index in [2.05, 4.69) is 5.32 Å². The summed E-state index contributed by atoms with van der Waals surface area (Å²) in [6.45, 7) is 5.55. The highest BCUT2D eigenvalue weighted by Crippen LogP contribution is 2.27. The number of halogens is 1. The minimum atomic E-state index is -4.38. The van der Waals surface area contributed by atoms with Crippen LogP contribution in [0.15, 0.2) is 108 Å². The SMILES string of the molecule is CCCCNC(=O)[C@H](Cc1ccccc1)N(Cc1ccccc1C)C(=O)CN(c1ccccc1F)S(=O)(=O)c1ccc(C)cc1. The largest absolute Gasteiger partial charge is 0.354 e. The maximum Gasteiger partial charge on any atom is 0.264 e. The Morgan fingerprint density at radius 2 is 1.49 bits per heavy atom. The first-order valence-electron chi connectivity index (χ1n) is 15.1. The van der Waals surface area contributed by atoms with Gasteiger partial charge in [-0.3, -0.25) is 13.9 Å². The van der Waals surface area contributed by atoms with Gasteiger partial charge in [0.1, 0.15) is 18.4 Å². The highest BCUT2D eigenvalue weighted by molar-refractivity contribution is 7.92. The third-order valence-corrected chi connectivity index (χ3v) is 9.49. The fraction of sp³-hybridized carbons (Fsp3) is 0.278. The van der Waals surface area contributed by atoms with Crippen molar-refractivity contribution in [2.45, 2.75) is 57.5 Å². The number of nitrogens with zero attached hydrogens (tertiary/aromatic N) is 2. The van der Waals surface area contributed by atoms with Gasteiger partial charge in [-0.25, -0.2) is 12.8 Å². The van der Waals surface area contributed by atoms with Crippen molar-refractivity contribution in [3.8, 4) is 0 Å². The van der Waals surface area contributed by atoms with Crippen molar-refractivity contribution in [2.75, 3.05) is 17.4 Å². The van der Waals surface area contributed by atoms with Gasteiger partial charge < -0.3 is 10.2 Å². The molecule has 236 valence electrons. The van der Waals surface area contributed by atoms with Crippen LogP contribution in [-0.4, -0.2) is 44.3 Å². The number of aryl methyl sites for hydroxylation is 2. The summed E-state index contributed by atoms with van der Waals surface area (Å²) in [6.07, 6.45) is 1.86. The first-order valence-corrected chi connectivity index (χ1v) is 16.6. The van der Waals surface area contributed by atoms with Crippen LogP contribution in [0.5, 0.6) is 0 Å². The lowest BCUT2D eigenvalue weighted by molar-refractivity contribution is -0.140. The summed E-state index contributed by atoms with van der Waals surface area (Å²) in [4.78, 5) is 29.6. The Balaban J connectivity index is 1.80. The van der Waals surface area contributed by atoms with Gasteiger partial charge in [-0.2, -0.15) is 0 Å². The summed E-state index contributed by atoms with van der Waals surface area (Å²) in [7, 11) is -4.38. The van der Waals surface area contributed by atoms with E-state index in [1.807, 2.05) is 75.4 Å². The van der Waals surface area contributed by atoms with E-state index in [0.717, 1.165) is 45.5 Å². The van der Waals surface area contributed by atoms with E-state index in [9.17, 15) is 18.0 Å². The van der Waals surface area contributed by atoms with Crippen molar-refractivity contribution in [2.24, 2.45) is 0 Å². The van der Waals surface area contributed by atoms with E-state index in [4.69, 9.17) is 0 Å². The molecule has 0 unspecified atom stereocenters. The standard InChI is InChI=1S/C36H40FN3O4S/c1-4-5-23-38-36(42)34(24-29-14-7-6-8-15-29)39(25-30-16-10-9-13-28(30)3)35(41)26-40(33-18-12-11-17-32(33)37)45(43,44)31-21-19-27(2)20-22-31/h6-22,34H,4-5,23-26H2,1-3H3,(H,38,42)/t34-/m0/s1. The fourth-order valence-electron chi connectivity index (χ4n) is 5.04. The van der Waals surface area contributed by atoms with E-state index < -0.39 is 34.3 Å². The molecular weight excluding hydrogens is 589 g/mol. The van der Waals surface area contributed by atoms with Gasteiger partial charge >= 0.3 is 0 Å². The number of carbonyl (C=O) groups excluding carboxylic acids is 2. The molecule has 0 aliphatic rings. The zero-order valence-corrected chi connectivity index (χ0v) is 26.8. The van der Waals surface area contributed by atoms with Gasteiger partial charge in [0.05, 0.1) is 10.6 Å². The third-order valence-electron chi connectivity index (χ3n) is 7.71. The molecule has 4 aromatic rings.